The minimum atomic E-state index is 0.0361. The quantitative estimate of drug-likeness (QED) is 0.767. The first-order valence-corrected chi connectivity index (χ1v) is 4.88. The van der Waals surface area contributed by atoms with Crippen LogP contribution in [0.15, 0.2) is 24.3 Å². The van der Waals surface area contributed by atoms with Gasteiger partial charge in [-0.05, 0) is 18.2 Å². The van der Waals surface area contributed by atoms with E-state index >= 15 is 0 Å². The van der Waals surface area contributed by atoms with Crippen LogP contribution in [-0.4, -0.2) is 12.5 Å². The van der Waals surface area contributed by atoms with Crippen molar-refractivity contribution in [3.8, 4) is 0 Å². The molecule has 1 amide bonds. The SMILES string of the molecule is CC1CN(c2cccc(Cl)c2)NC1=O. The van der Waals surface area contributed by atoms with Crippen LogP contribution in [0, 0.1) is 5.92 Å². The fourth-order valence-electron chi connectivity index (χ4n) is 1.46. The Labute approximate surface area is 87.6 Å². The minimum Gasteiger partial charge on any atom is -0.285 e. The van der Waals surface area contributed by atoms with Gasteiger partial charge >= 0.3 is 0 Å². The van der Waals surface area contributed by atoms with Crippen molar-refractivity contribution in [2.75, 3.05) is 11.6 Å². The average Bonchev–Trinajstić information content (AvgIpc) is 2.47. The van der Waals surface area contributed by atoms with Crippen molar-refractivity contribution in [2.24, 2.45) is 5.92 Å². The van der Waals surface area contributed by atoms with Crippen LogP contribution in [-0.2, 0) is 4.79 Å². The first-order chi connectivity index (χ1) is 6.66. The third-order valence-corrected chi connectivity index (χ3v) is 2.50. The Morgan fingerprint density at radius 2 is 2.36 bits per heavy atom. The molecule has 0 spiro atoms. The number of anilines is 1. The van der Waals surface area contributed by atoms with E-state index in [1.165, 1.54) is 0 Å². The second-order valence-electron chi connectivity index (χ2n) is 3.47. The van der Waals surface area contributed by atoms with Gasteiger partial charge in [0.25, 0.3) is 0 Å². The lowest BCUT2D eigenvalue weighted by molar-refractivity contribution is -0.121. The van der Waals surface area contributed by atoms with Crippen molar-refractivity contribution < 1.29 is 4.79 Å². The number of halogens is 1. The van der Waals surface area contributed by atoms with Crippen LogP contribution in [0.5, 0.6) is 0 Å². The maximum atomic E-state index is 11.3. The van der Waals surface area contributed by atoms with Gasteiger partial charge in [-0.1, -0.05) is 24.6 Å². The molecule has 3 nitrogen and oxygen atoms in total. The number of amides is 1. The molecule has 0 radical (unpaired) electrons. The van der Waals surface area contributed by atoms with Crippen molar-refractivity contribution in [1.82, 2.24) is 5.43 Å². The van der Waals surface area contributed by atoms with E-state index in [-0.39, 0.29) is 11.8 Å². The number of carbonyl (C=O) groups excluding carboxylic acids is 1. The molecule has 1 aromatic rings. The summed E-state index contributed by atoms with van der Waals surface area (Å²) in [5, 5.41) is 2.50. The summed E-state index contributed by atoms with van der Waals surface area (Å²) < 4.78 is 0. The van der Waals surface area contributed by atoms with Crippen molar-refractivity contribution in [3.05, 3.63) is 29.3 Å². The summed E-state index contributed by atoms with van der Waals surface area (Å²) in [4.78, 5) is 11.3. The highest BCUT2D eigenvalue weighted by molar-refractivity contribution is 6.30. The summed E-state index contributed by atoms with van der Waals surface area (Å²) in [6, 6.07) is 7.43. The van der Waals surface area contributed by atoms with Crippen LogP contribution in [0.1, 0.15) is 6.92 Å². The topological polar surface area (TPSA) is 32.3 Å². The van der Waals surface area contributed by atoms with E-state index in [1.807, 2.05) is 36.2 Å². The lowest BCUT2D eigenvalue weighted by atomic mass is 10.2. The van der Waals surface area contributed by atoms with Crippen molar-refractivity contribution in [2.45, 2.75) is 6.92 Å². The number of hydrogen-bond acceptors (Lipinski definition) is 2. The van der Waals surface area contributed by atoms with Crippen molar-refractivity contribution in [3.63, 3.8) is 0 Å². The smallest absolute Gasteiger partial charge is 0.243 e. The van der Waals surface area contributed by atoms with Crippen LogP contribution in [0.2, 0.25) is 5.02 Å². The minimum absolute atomic E-state index is 0.0361. The molecule has 0 bridgehead atoms. The molecule has 1 heterocycles. The van der Waals surface area contributed by atoms with E-state index in [2.05, 4.69) is 5.43 Å². The van der Waals surface area contributed by atoms with E-state index < -0.39 is 0 Å². The van der Waals surface area contributed by atoms with Crippen molar-refractivity contribution >= 4 is 23.2 Å². The first-order valence-electron chi connectivity index (χ1n) is 4.50. The van der Waals surface area contributed by atoms with Crippen LogP contribution < -0.4 is 10.4 Å². The number of benzene rings is 1. The van der Waals surface area contributed by atoms with Gasteiger partial charge in [-0.3, -0.25) is 15.2 Å². The van der Waals surface area contributed by atoms with Gasteiger partial charge in [-0.25, -0.2) is 0 Å². The Kier molecular flexibility index (Phi) is 2.33. The largest absolute Gasteiger partial charge is 0.285 e. The van der Waals surface area contributed by atoms with Gasteiger partial charge in [-0.15, -0.1) is 0 Å². The van der Waals surface area contributed by atoms with Gasteiger partial charge in [0.1, 0.15) is 0 Å². The fraction of sp³-hybridized carbons (Fsp3) is 0.300. The van der Waals surface area contributed by atoms with Crippen molar-refractivity contribution in [1.29, 1.82) is 0 Å². The zero-order chi connectivity index (χ0) is 10.1. The Morgan fingerprint density at radius 3 is 2.93 bits per heavy atom. The monoisotopic (exact) mass is 210 g/mol. The molecular weight excluding hydrogens is 200 g/mol. The second-order valence-corrected chi connectivity index (χ2v) is 3.90. The molecule has 2 rings (SSSR count). The lowest BCUT2D eigenvalue weighted by Gasteiger charge is -2.17. The van der Waals surface area contributed by atoms with E-state index in [1.54, 1.807) is 0 Å². The molecule has 1 atom stereocenters. The Balaban J connectivity index is 2.21. The van der Waals surface area contributed by atoms with Gasteiger partial charge in [-0.2, -0.15) is 0 Å². The number of carbonyl (C=O) groups is 1. The zero-order valence-corrected chi connectivity index (χ0v) is 8.58. The molecule has 74 valence electrons. The summed E-state index contributed by atoms with van der Waals surface area (Å²) in [6.07, 6.45) is 0. The molecule has 1 aromatic carbocycles. The fourth-order valence-corrected chi connectivity index (χ4v) is 1.64. The summed E-state index contributed by atoms with van der Waals surface area (Å²) in [7, 11) is 0. The Morgan fingerprint density at radius 1 is 1.57 bits per heavy atom. The number of rotatable bonds is 1. The van der Waals surface area contributed by atoms with Crippen LogP contribution in [0.4, 0.5) is 5.69 Å². The van der Waals surface area contributed by atoms with Gasteiger partial charge in [0.05, 0.1) is 18.2 Å². The number of hydrazine groups is 1. The van der Waals surface area contributed by atoms with E-state index in [9.17, 15) is 4.79 Å². The maximum Gasteiger partial charge on any atom is 0.243 e. The molecule has 1 unspecified atom stereocenters. The normalized spacial score (nSPS) is 21.1. The highest BCUT2D eigenvalue weighted by atomic mass is 35.5. The second kappa shape index (κ2) is 3.50. The zero-order valence-electron chi connectivity index (χ0n) is 7.83. The van der Waals surface area contributed by atoms with Crippen LogP contribution in [0.3, 0.4) is 0 Å². The molecule has 0 saturated carbocycles. The molecule has 14 heavy (non-hydrogen) atoms. The molecule has 4 heteroatoms. The number of nitrogens with zero attached hydrogens (tertiary/aromatic N) is 1. The average molecular weight is 211 g/mol. The van der Waals surface area contributed by atoms with E-state index in [4.69, 9.17) is 11.6 Å². The van der Waals surface area contributed by atoms with Gasteiger partial charge < -0.3 is 0 Å². The summed E-state index contributed by atoms with van der Waals surface area (Å²) >= 11 is 5.86. The van der Waals surface area contributed by atoms with E-state index in [0.717, 1.165) is 5.69 Å². The molecule has 0 aromatic heterocycles. The standard InChI is InChI=1S/C10H11ClN2O/c1-7-6-13(12-10(7)14)9-4-2-3-8(11)5-9/h2-5,7H,6H2,1H3,(H,12,14). The highest BCUT2D eigenvalue weighted by Gasteiger charge is 2.26. The Bertz CT molecular complexity index is 367. The molecule has 1 saturated heterocycles. The first kappa shape index (κ1) is 9.34. The maximum absolute atomic E-state index is 11.3. The summed E-state index contributed by atoms with van der Waals surface area (Å²) in [6.45, 7) is 2.60. The van der Waals surface area contributed by atoms with Crippen LogP contribution in [0.25, 0.3) is 0 Å². The number of hydrogen-bond donors (Lipinski definition) is 1. The van der Waals surface area contributed by atoms with Gasteiger partial charge in [0, 0.05) is 5.02 Å². The highest BCUT2D eigenvalue weighted by Crippen LogP contribution is 2.21. The van der Waals surface area contributed by atoms with Crippen LogP contribution >= 0.6 is 11.6 Å². The predicted octanol–water partition coefficient (Wildman–Crippen LogP) is 1.83. The molecule has 1 aliphatic rings. The van der Waals surface area contributed by atoms with Gasteiger partial charge in [0.15, 0.2) is 0 Å². The molecule has 1 N–H and O–H groups in total. The third-order valence-electron chi connectivity index (χ3n) is 2.27. The Hall–Kier alpha value is -1.22. The lowest BCUT2D eigenvalue weighted by Crippen LogP contribution is -2.32. The predicted molar refractivity (Wildman–Crippen MR) is 56.1 cm³/mol. The molecule has 1 fully saturated rings. The van der Waals surface area contributed by atoms with E-state index in [0.29, 0.717) is 11.6 Å². The third kappa shape index (κ3) is 1.68. The van der Waals surface area contributed by atoms with Gasteiger partial charge in [0.2, 0.25) is 5.91 Å². The summed E-state index contributed by atoms with van der Waals surface area (Å²) in [5.74, 6) is 0.0963. The molecular formula is C10H11ClN2O. The molecule has 1 aliphatic heterocycles. The summed E-state index contributed by atoms with van der Waals surface area (Å²) in [5.41, 5.74) is 3.71. The number of nitrogens with one attached hydrogen (secondary N) is 1. The molecule has 0 aliphatic carbocycles.